The van der Waals surface area contributed by atoms with E-state index >= 15 is 0 Å². The Bertz CT molecular complexity index is 875. The van der Waals surface area contributed by atoms with Crippen molar-refractivity contribution in [1.29, 1.82) is 0 Å². The fraction of sp³-hybridized carbons (Fsp3) is 0.133. The zero-order valence-electron chi connectivity index (χ0n) is 12.8. The van der Waals surface area contributed by atoms with E-state index in [1.54, 1.807) is 26.4 Å². The Balaban J connectivity index is 1.93. The number of nitrogens with one attached hydrogen (secondary N) is 2. The molecule has 0 atom stereocenters. The van der Waals surface area contributed by atoms with Gasteiger partial charge in [-0.25, -0.2) is 18.4 Å². The Morgan fingerprint density at radius 1 is 1.12 bits per heavy atom. The first-order chi connectivity index (χ1) is 11.5. The lowest BCUT2D eigenvalue weighted by Gasteiger charge is -2.08. The molecule has 0 aliphatic rings. The number of anilines is 3. The molecule has 0 aliphatic heterocycles. The summed E-state index contributed by atoms with van der Waals surface area (Å²) in [7, 11) is 1.75. The van der Waals surface area contributed by atoms with E-state index in [1.807, 2.05) is 0 Å². The molecular weight excluding hydrogens is 382 g/mol. The quantitative estimate of drug-likeness (QED) is 0.704. The van der Waals surface area contributed by atoms with Crippen LogP contribution < -0.4 is 10.6 Å². The van der Waals surface area contributed by atoms with Gasteiger partial charge in [0.1, 0.15) is 17.5 Å². The predicted octanol–water partition coefficient (Wildman–Crippen LogP) is 3.80. The summed E-state index contributed by atoms with van der Waals surface area (Å²) in [5.74, 6) is -0.325. The van der Waals surface area contributed by atoms with Crippen molar-refractivity contribution in [2.24, 2.45) is 0 Å². The van der Waals surface area contributed by atoms with Crippen LogP contribution in [0.1, 0.15) is 5.69 Å². The largest absolute Gasteiger partial charge is 0.372 e. The van der Waals surface area contributed by atoms with Crippen molar-refractivity contribution in [3.05, 3.63) is 52.4 Å². The third-order valence-corrected chi connectivity index (χ3v) is 3.91. The van der Waals surface area contributed by atoms with Crippen molar-refractivity contribution >= 4 is 33.4 Å². The van der Waals surface area contributed by atoms with E-state index in [1.165, 1.54) is 16.8 Å². The van der Waals surface area contributed by atoms with E-state index in [2.05, 4.69) is 41.6 Å². The Hall–Kier alpha value is -2.55. The smallest absolute Gasteiger partial charge is 0.229 e. The lowest BCUT2D eigenvalue weighted by atomic mass is 10.3. The van der Waals surface area contributed by atoms with Gasteiger partial charge in [-0.3, -0.25) is 0 Å². The Morgan fingerprint density at radius 2 is 1.83 bits per heavy atom. The van der Waals surface area contributed by atoms with Crippen LogP contribution in [0, 0.1) is 18.6 Å². The van der Waals surface area contributed by atoms with Gasteiger partial charge >= 0.3 is 0 Å². The van der Waals surface area contributed by atoms with Crippen molar-refractivity contribution in [3.63, 3.8) is 0 Å². The average molecular weight is 395 g/mol. The van der Waals surface area contributed by atoms with Gasteiger partial charge in [0.15, 0.2) is 0 Å². The summed E-state index contributed by atoms with van der Waals surface area (Å²) in [4.78, 5) is 8.47. The Kier molecular flexibility index (Phi) is 4.43. The maximum Gasteiger partial charge on any atom is 0.229 e. The van der Waals surface area contributed by atoms with Gasteiger partial charge < -0.3 is 10.6 Å². The van der Waals surface area contributed by atoms with Gasteiger partial charge in [0.05, 0.1) is 27.7 Å². The van der Waals surface area contributed by atoms with Crippen LogP contribution in [0.3, 0.4) is 0 Å². The molecule has 2 heterocycles. The number of benzene rings is 1. The maximum atomic E-state index is 13.4. The highest BCUT2D eigenvalue weighted by Crippen LogP contribution is 2.24. The third kappa shape index (κ3) is 3.21. The fourth-order valence-corrected chi connectivity index (χ4v) is 2.57. The minimum atomic E-state index is -0.663. The fourth-order valence-electron chi connectivity index (χ4n) is 2.18. The highest BCUT2D eigenvalue weighted by molar-refractivity contribution is 9.10. The summed E-state index contributed by atoms with van der Waals surface area (Å²) in [6, 6.07) is 3.24. The van der Waals surface area contributed by atoms with Crippen LogP contribution in [-0.4, -0.2) is 26.8 Å². The Labute approximate surface area is 145 Å². The van der Waals surface area contributed by atoms with E-state index in [-0.39, 0.29) is 0 Å². The zero-order chi connectivity index (χ0) is 17.3. The topological polar surface area (TPSA) is 67.7 Å². The summed E-state index contributed by atoms with van der Waals surface area (Å²) >= 11 is 3.34. The van der Waals surface area contributed by atoms with Crippen molar-refractivity contribution in [2.45, 2.75) is 6.92 Å². The molecule has 0 saturated carbocycles. The second-order valence-corrected chi connectivity index (χ2v) is 5.80. The van der Waals surface area contributed by atoms with Crippen LogP contribution in [0.25, 0.3) is 5.69 Å². The van der Waals surface area contributed by atoms with E-state index in [0.717, 1.165) is 10.5 Å². The summed E-state index contributed by atoms with van der Waals surface area (Å²) in [6.45, 7) is 1.77. The number of aromatic nitrogens is 4. The van der Waals surface area contributed by atoms with Gasteiger partial charge in [0, 0.05) is 19.3 Å². The van der Waals surface area contributed by atoms with Crippen LogP contribution in [0.2, 0.25) is 0 Å². The second kappa shape index (κ2) is 6.52. The minimum Gasteiger partial charge on any atom is -0.372 e. The van der Waals surface area contributed by atoms with Crippen LogP contribution in [0.5, 0.6) is 0 Å². The molecule has 3 aromatic rings. The minimum absolute atomic E-state index is 0.297. The predicted molar refractivity (Wildman–Crippen MR) is 90.8 cm³/mol. The summed E-state index contributed by atoms with van der Waals surface area (Å²) in [5.41, 5.74) is 1.59. The molecule has 124 valence electrons. The standard InChI is InChI=1S/C15H13BrF2N6/c1-8-13(22-15-20-6-12(16)14(19-2)23-15)7-21-24(8)11-4-9(17)3-10(18)5-11/h3-7H,1-2H3,(H2,19,20,22,23). The number of hydrogen-bond acceptors (Lipinski definition) is 5. The summed E-state index contributed by atoms with van der Waals surface area (Å²) < 4.78 is 29.0. The highest BCUT2D eigenvalue weighted by atomic mass is 79.9. The third-order valence-electron chi connectivity index (χ3n) is 3.33. The van der Waals surface area contributed by atoms with Gasteiger partial charge in [-0.2, -0.15) is 10.1 Å². The molecule has 6 nitrogen and oxygen atoms in total. The lowest BCUT2D eigenvalue weighted by molar-refractivity contribution is 0.579. The first-order valence-corrected chi connectivity index (χ1v) is 7.75. The first-order valence-electron chi connectivity index (χ1n) is 6.96. The van der Waals surface area contributed by atoms with Crippen LogP contribution >= 0.6 is 15.9 Å². The molecule has 9 heteroatoms. The molecule has 24 heavy (non-hydrogen) atoms. The molecule has 0 amide bonds. The molecule has 0 bridgehead atoms. The molecule has 2 N–H and O–H groups in total. The van der Waals surface area contributed by atoms with E-state index < -0.39 is 11.6 Å². The van der Waals surface area contributed by atoms with E-state index in [9.17, 15) is 8.78 Å². The van der Waals surface area contributed by atoms with Crippen LogP contribution in [0.15, 0.2) is 35.1 Å². The molecule has 0 unspecified atom stereocenters. The van der Waals surface area contributed by atoms with E-state index in [0.29, 0.717) is 28.8 Å². The average Bonchev–Trinajstić information content (AvgIpc) is 2.89. The number of nitrogens with zero attached hydrogens (tertiary/aromatic N) is 4. The van der Waals surface area contributed by atoms with Gasteiger partial charge in [0.25, 0.3) is 0 Å². The molecule has 0 aliphatic carbocycles. The van der Waals surface area contributed by atoms with Crippen molar-refractivity contribution < 1.29 is 8.78 Å². The van der Waals surface area contributed by atoms with Gasteiger partial charge in [-0.05, 0) is 35.0 Å². The second-order valence-electron chi connectivity index (χ2n) is 4.95. The van der Waals surface area contributed by atoms with Crippen LogP contribution in [0.4, 0.5) is 26.2 Å². The molecule has 3 rings (SSSR count). The number of hydrogen-bond donors (Lipinski definition) is 2. The van der Waals surface area contributed by atoms with Gasteiger partial charge in [-0.1, -0.05) is 0 Å². The van der Waals surface area contributed by atoms with Crippen molar-refractivity contribution in [3.8, 4) is 5.69 Å². The molecule has 0 spiro atoms. The summed E-state index contributed by atoms with van der Waals surface area (Å²) in [6.07, 6.45) is 3.16. The maximum absolute atomic E-state index is 13.4. The zero-order valence-corrected chi connectivity index (χ0v) is 14.4. The van der Waals surface area contributed by atoms with Gasteiger partial charge in [0.2, 0.25) is 5.95 Å². The molecule has 0 saturated heterocycles. The Morgan fingerprint density at radius 3 is 2.50 bits per heavy atom. The molecule has 0 fully saturated rings. The van der Waals surface area contributed by atoms with Gasteiger partial charge in [-0.15, -0.1) is 0 Å². The number of rotatable bonds is 4. The summed E-state index contributed by atoms with van der Waals surface area (Å²) in [5, 5.41) is 10.1. The van der Waals surface area contributed by atoms with Crippen molar-refractivity contribution in [1.82, 2.24) is 19.7 Å². The molecule has 2 aromatic heterocycles. The normalized spacial score (nSPS) is 10.7. The first kappa shape index (κ1) is 16.3. The lowest BCUT2D eigenvalue weighted by Crippen LogP contribution is -2.03. The SMILES string of the molecule is CNc1nc(Nc2cnn(-c3cc(F)cc(F)c3)c2C)ncc1Br. The molecule has 1 aromatic carbocycles. The molecule has 0 radical (unpaired) electrons. The van der Waals surface area contributed by atoms with Crippen molar-refractivity contribution in [2.75, 3.05) is 17.7 Å². The monoisotopic (exact) mass is 394 g/mol. The number of halogens is 3. The molecular formula is C15H13BrF2N6. The highest BCUT2D eigenvalue weighted by Gasteiger charge is 2.12. The van der Waals surface area contributed by atoms with E-state index in [4.69, 9.17) is 0 Å². The van der Waals surface area contributed by atoms with Crippen LogP contribution in [-0.2, 0) is 0 Å².